The number of pyridine rings is 1. The first kappa shape index (κ1) is 10.8. The minimum Gasteiger partial charge on any atom is -0.367 e. The SMILES string of the molecule is CC1OCc2nc3c(cc21)C[C@@H]1CNC[C@@H](C)N31. The zero-order valence-electron chi connectivity index (χ0n) is 10.9. The van der Waals surface area contributed by atoms with Crippen LogP contribution in [0.2, 0.25) is 0 Å². The summed E-state index contributed by atoms with van der Waals surface area (Å²) in [6.45, 7) is 7.21. The molecule has 0 radical (unpaired) electrons. The van der Waals surface area contributed by atoms with Crippen molar-refractivity contribution in [3.63, 3.8) is 0 Å². The van der Waals surface area contributed by atoms with Crippen LogP contribution in [0.3, 0.4) is 0 Å². The summed E-state index contributed by atoms with van der Waals surface area (Å²) in [7, 11) is 0. The van der Waals surface area contributed by atoms with Gasteiger partial charge in [-0.15, -0.1) is 0 Å². The Morgan fingerprint density at radius 1 is 1.39 bits per heavy atom. The van der Waals surface area contributed by atoms with Gasteiger partial charge in [0.05, 0.1) is 18.4 Å². The molecule has 0 aliphatic carbocycles. The van der Waals surface area contributed by atoms with E-state index in [9.17, 15) is 0 Å². The van der Waals surface area contributed by atoms with Crippen molar-refractivity contribution in [2.24, 2.45) is 0 Å². The molecule has 4 nitrogen and oxygen atoms in total. The number of fused-ring (bicyclic) bond motifs is 4. The number of rotatable bonds is 0. The van der Waals surface area contributed by atoms with Crippen molar-refractivity contribution in [2.75, 3.05) is 18.0 Å². The molecule has 3 atom stereocenters. The van der Waals surface area contributed by atoms with Gasteiger partial charge in [0.25, 0.3) is 0 Å². The minimum absolute atomic E-state index is 0.214. The van der Waals surface area contributed by atoms with Crippen LogP contribution in [0.15, 0.2) is 6.07 Å². The van der Waals surface area contributed by atoms with Gasteiger partial charge in [-0.1, -0.05) is 0 Å². The average molecular weight is 245 g/mol. The molecule has 1 unspecified atom stereocenters. The Morgan fingerprint density at radius 2 is 2.28 bits per heavy atom. The van der Waals surface area contributed by atoms with Gasteiger partial charge < -0.3 is 15.0 Å². The Labute approximate surface area is 107 Å². The molecule has 1 N–H and O–H groups in total. The molecule has 0 bridgehead atoms. The van der Waals surface area contributed by atoms with E-state index in [-0.39, 0.29) is 6.10 Å². The lowest BCUT2D eigenvalue weighted by Crippen LogP contribution is -2.55. The average Bonchev–Trinajstić information content (AvgIpc) is 2.89. The Morgan fingerprint density at radius 3 is 3.17 bits per heavy atom. The van der Waals surface area contributed by atoms with E-state index in [2.05, 4.69) is 30.1 Å². The van der Waals surface area contributed by atoms with Crippen molar-refractivity contribution in [1.29, 1.82) is 0 Å². The minimum atomic E-state index is 0.214. The maximum absolute atomic E-state index is 5.67. The van der Waals surface area contributed by atoms with E-state index in [0.29, 0.717) is 18.7 Å². The van der Waals surface area contributed by atoms with Gasteiger partial charge >= 0.3 is 0 Å². The zero-order chi connectivity index (χ0) is 12.3. The highest BCUT2D eigenvalue weighted by molar-refractivity contribution is 5.58. The van der Waals surface area contributed by atoms with Crippen LogP contribution in [0.1, 0.15) is 36.8 Å². The highest BCUT2D eigenvalue weighted by Crippen LogP contribution is 2.38. The largest absolute Gasteiger partial charge is 0.367 e. The molecule has 1 aromatic heterocycles. The molecule has 4 heteroatoms. The molecule has 18 heavy (non-hydrogen) atoms. The van der Waals surface area contributed by atoms with Gasteiger partial charge in [0.1, 0.15) is 5.82 Å². The van der Waals surface area contributed by atoms with E-state index >= 15 is 0 Å². The van der Waals surface area contributed by atoms with Gasteiger partial charge in [0.2, 0.25) is 0 Å². The first-order valence-electron chi connectivity index (χ1n) is 6.87. The van der Waals surface area contributed by atoms with Crippen LogP contribution in [0.4, 0.5) is 5.82 Å². The molecule has 0 spiro atoms. The molecule has 1 saturated heterocycles. The maximum atomic E-state index is 5.67. The number of nitrogens with one attached hydrogen (secondary N) is 1. The fourth-order valence-electron chi connectivity index (χ4n) is 3.56. The summed E-state index contributed by atoms with van der Waals surface area (Å²) >= 11 is 0. The number of nitrogens with zero attached hydrogens (tertiary/aromatic N) is 2. The standard InChI is InChI=1S/C14H19N3O/c1-8-5-15-6-11-3-10-4-12-9(2)18-7-13(12)16-14(10)17(8)11/h4,8-9,11,15H,3,5-7H2,1-2H3/t8-,9?,11-/m1/s1. The summed E-state index contributed by atoms with van der Waals surface area (Å²) < 4.78 is 5.67. The Balaban J connectivity index is 1.80. The number of hydrogen-bond acceptors (Lipinski definition) is 4. The first-order valence-corrected chi connectivity index (χ1v) is 6.87. The molecule has 1 fully saturated rings. The van der Waals surface area contributed by atoms with E-state index in [1.165, 1.54) is 16.9 Å². The van der Waals surface area contributed by atoms with Gasteiger partial charge in [-0.05, 0) is 31.9 Å². The van der Waals surface area contributed by atoms with Crippen molar-refractivity contribution in [1.82, 2.24) is 10.3 Å². The smallest absolute Gasteiger partial charge is 0.132 e. The van der Waals surface area contributed by atoms with E-state index in [1.807, 2.05) is 0 Å². The number of hydrogen-bond donors (Lipinski definition) is 1. The third-order valence-corrected chi connectivity index (χ3v) is 4.49. The lowest BCUT2D eigenvalue weighted by Gasteiger charge is -2.37. The quantitative estimate of drug-likeness (QED) is 0.749. The molecule has 1 aromatic rings. The van der Waals surface area contributed by atoms with Crippen LogP contribution in [-0.4, -0.2) is 30.2 Å². The van der Waals surface area contributed by atoms with Crippen LogP contribution >= 0.6 is 0 Å². The third-order valence-electron chi connectivity index (χ3n) is 4.49. The predicted octanol–water partition coefficient (Wildman–Crippen LogP) is 1.40. The van der Waals surface area contributed by atoms with Crippen molar-refractivity contribution in [3.8, 4) is 0 Å². The van der Waals surface area contributed by atoms with Crippen LogP contribution in [0.25, 0.3) is 0 Å². The van der Waals surface area contributed by atoms with Crippen LogP contribution < -0.4 is 10.2 Å². The van der Waals surface area contributed by atoms with Crippen LogP contribution in [0, 0.1) is 0 Å². The van der Waals surface area contributed by atoms with Crippen molar-refractivity contribution in [3.05, 3.63) is 22.9 Å². The Bertz CT molecular complexity index is 502. The normalized spacial score (nSPS) is 33.2. The van der Waals surface area contributed by atoms with Gasteiger partial charge in [0.15, 0.2) is 0 Å². The third kappa shape index (κ3) is 1.36. The van der Waals surface area contributed by atoms with Gasteiger partial charge in [-0.25, -0.2) is 4.98 Å². The van der Waals surface area contributed by atoms with E-state index < -0.39 is 0 Å². The summed E-state index contributed by atoms with van der Waals surface area (Å²) in [5.41, 5.74) is 3.86. The van der Waals surface area contributed by atoms with Crippen molar-refractivity contribution >= 4 is 5.82 Å². The highest BCUT2D eigenvalue weighted by Gasteiger charge is 2.37. The van der Waals surface area contributed by atoms with Crippen molar-refractivity contribution in [2.45, 2.75) is 45.1 Å². The molecular formula is C14H19N3O. The summed E-state index contributed by atoms with van der Waals surface area (Å²) in [5, 5.41) is 3.51. The monoisotopic (exact) mass is 245 g/mol. The lowest BCUT2D eigenvalue weighted by atomic mass is 10.1. The summed E-state index contributed by atoms with van der Waals surface area (Å²) in [6, 6.07) is 3.46. The number of anilines is 1. The van der Waals surface area contributed by atoms with E-state index in [1.54, 1.807) is 0 Å². The fraction of sp³-hybridized carbons (Fsp3) is 0.643. The fourth-order valence-corrected chi connectivity index (χ4v) is 3.56. The summed E-state index contributed by atoms with van der Waals surface area (Å²) in [5.74, 6) is 1.21. The zero-order valence-corrected chi connectivity index (χ0v) is 10.9. The molecule has 4 rings (SSSR count). The van der Waals surface area contributed by atoms with E-state index in [4.69, 9.17) is 9.72 Å². The number of ether oxygens (including phenoxy) is 1. The van der Waals surface area contributed by atoms with Gasteiger partial charge in [0, 0.05) is 30.7 Å². The molecule has 96 valence electrons. The second-order valence-electron chi connectivity index (χ2n) is 5.73. The predicted molar refractivity (Wildman–Crippen MR) is 69.7 cm³/mol. The molecule has 4 heterocycles. The molecule has 0 aromatic carbocycles. The lowest BCUT2D eigenvalue weighted by molar-refractivity contribution is 0.0786. The summed E-state index contributed by atoms with van der Waals surface area (Å²) in [6.07, 6.45) is 1.34. The molecule has 3 aliphatic rings. The molecular weight excluding hydrogens is 226 g/mol. The second-order valence-corrected chi connectivity index (χ2v) is 5.73. The molecule has 3 aliphatic heterocycles. The maximum Gasteiger partial charge on any atom is 0.132 e. The Hall–Kier alpha value is -1.13. The topological polar surface area (TPSA) is 37.4 Å². The van der Waals surface area contributed by atoms with Gasteiger partial charge in [-0.2, -0.15) is 0 Å². The summed E-state index contributed by atoms with van der Waals surface area (Å²) in [4.78, 5) is 7.40. The van der Waals surface area contributed by atoms with Crippen LogP contribution in [-0.2, 0) is 17.8 Å². The molecule has 0 saturated carbocycles. The number of aromatic nitrogens is 1. The van der Waals surface area contributed by atoms with Crippen LogP contribution in [0.5, 0.6) is 0 Å². The van der Waals surface area contributed by atoms with Crippen molar-refractivity contribution < 1.29 is 4.74 Å². The van der Waals surface area contributed by atoms with E-state index in [0.717, 1.165) is 25.2 Å². The molecule has 0 amide bonds. The highest BCUT2D eigenvalue weighted by atomic mass is 16.5. The Kier molecular flexibility index (Phi) is 2.20. The second kappa shape index (κ2) is 3.68. The number of piperazine rings is 1. The van der Waals surface area contributed by atoms with Gasteiger partial charge in [-0.3, -0.25) is 0 Å². The first-order chi connectivity index (χ1) is 8.74.